The van der Waals surface area contributed by atoms with Gasteiger partial charge in [0, 0.05) is 57.2 Å². The summed E-state index contributed by atoms with van der Waals surface area (Å²) in [5, 5.41) is 0. The highest BCUT2D eigenvalue weighted by atomic mass is 16.2. The number of pyridine rings is 1. The van der Waals surface area contributed by atoms with Crippen molar-refractivity contribution in [2.45, 2.75) is 25.8 Å². The molecular weight excluding hydrogens is 280 g/mol. The predicted octanol–water partition coefficient (Wildman–Crippen LogP) is 0.508. The molecule has 2 aliphatic heterocycles. The molecule has 1 atom stereocenters. The Morgan fingerprint density at radius 1 is 1.14 bits per heavy atom. The van der Waals surface area contributed by atoms with Crippen LogP contribution in [-0.2, 0) is 4.79 Å². The molecule has 120 valence electrons. The zero-order valence-corrected chi connectivity index (χ0v) is 13.1. The first-order valence-corrected chi connectivity index (χ1v) is 8.12. The molecule has 22 heavy (non-hydrogen) atoms. The second-order valence-corrected chi connectivity index (χ2v) is 6.14. The van der Waals surface area contributed by atoms with Gasteiger partial charge in [-0.1, -0.05) is 0 Å². The molecule has 1 unspecified atom stereocenters. The smallest absolute Gasteiger partial charge is 0.249 e. The number of carbonyl (C=O) groups excluding carboxylic acids is 1. The fourth-order valence-corrected chi connectivity index (χ4v) is 3.36. The quantitative estimate of drug-likeness (QED) is 0.884. The molecule has 1 aromatic rings. The van der Waals surface area contributed by atoms with Crippen LogP contribution in [0, 0.1) is 0 Å². The van der Waals surface area contributed by atoms with Gasteiger partial charge in [0.05, 0.1) is 6.04 Å². The number of nitrogens with zero attached hydrogens (tertiary/aromatic N) is 3. The molecule has 1 aromatic heterocycles. The van der Waals surface area contributed by atoms with Crippen LogP contribution < -0.4 is 10.5 Å². The fourth-order valence-electron chi connectivity index (χ4n) is 3.36. The average molecular weight is 304 g/mol. The van der Waals surface area contributed by atoms with E-state index in [9.17, 15) is 9.59 Å². The summed E-state index contributed by atoms with van der Waals surface area (Å²) in [4.78, 5) is 33.0. The maximum Gasteiger partial charge on any atom is 0.249 e. The Morgan fingerprint density at radius 3 is 2.45 bits per heavy atom. The summed E-state index contributed by atoms with van der Waals surface area (Å²) in [6.45, 7) is 7.25. The molecular formula is C16H24N4O2. The molecule has 3 rings (SSSR count). The zero-order valence-electron chi connectivity index (χ0n) is 13.1. The number of piperazine rings is 1. The summed E-state index contributed by atoms with van der Waals surface area (Å²) >= 11 is 0. The molecule has 0 aliphatic carbocycles. The van der Waals surface area contributed by atoms with Gasteiger partial charge in [0.1, 0.15) is 0 Å². The Kier molecular flexibility index (Phi) is 4.47. The van der Waals surface area contributed by atoms with Gasteiger partial charge in [-0.05, 0) is 25.8 Å². The van der Waals surface area contributed by atoms with Crippen molar-refractivity contribution in [3.63, 3.8) is 0 Å². The Bertz CT molecular complexity index is 572. The van der Waals surface area contributed by atoms with Crippen molar-refractivity contribution in [3.05, 3.63) is 28.7 Å². The van der Waals surface area contributed by atoms with Crippen LogP contribution in [-0.4, -0.2) is 66.0 Å². The second kappa shape index (κ2) is 6.52. The van der Waals surface area contributed by atoms with Crippen LogP contribution in [0.25, 0.3) is 0 Å². The molecule has 2 fully saturated rings. The van der Waals surface area contributed by atoms with E-state index in [-0.39, 0.29) is 17.5 Å². The van der Waals surface area contributed by atoms with Crippen molar-refractivity contribution >= 4 is 11.6 Å². The molecule has 0 radical (unpaired) electrons. The number of aromatic amines is 1. The molecule has 6 nitrogen and oxygen atoms in total. The fraction of sp³-hybridized carbons (Fsp3) is 0.625. The topological polar surface area (TPSA) is 59.7 Å². The number of amides is 1. The maximum atomic E-state index is 12.5. The van der Waals surface area contributed by atoms with E-state index in [0.29, 0.717) is 0 Å². The van der Waals surface area contributed by atoms with Crippen molar-refractivity contribution < 1.29 is 4.79 Å². The van der Waals surface area contributed by atoms with E-state index in [4.69, 9.17) is 0 Å². The van der Waals surface area contributed by atoms with Gasteiger partial charge in [0.2, 0.25) is 11.5 Å². The number of hydrogen-bond acceptors (Lipinski definition) is 4. The summed E-state index contributed by atoms with van der Waals surface area (Å²) in [5.41, 5.74) is 0.888. The van der Waals surface area contributed by atoms with E-state index in [1.54, 1.807) is 12.3 Å². The van der Waals surface area contributed by atoms with Crippen LogP contribution in [0.2, 0.25) is 0 Å². The van der Waals surface area contributed by atoms with Crippen LogP contribution in [0.4, 0.5) is 5.69 Å². The lowest BCUT2D eigenvalue weighted by molar-refractivity contribution is -0.135. The van der Waals surface area contributed by atoms with E-state index in [2.05, 4.69) is 14.8 Å². The average Bonchev–Trinajstić information content (AvgIpc) is 3.08. The van der Waals surface area contributed by atoms with Crippen molar-refractivity contribution in [3.8, 4) is 0 Å². The van der Waals surface area contributed by atoms with Gasteiger partial charge in [-0.3, -0.25) is 14.5 Å². The SMILES string of the molecule is CC(C(=O)N1CCCC1)N1CCN(c2cc[nH]c(=O)c2)CC1. The van der Waals surface area contributed by atoms with Gasteiger partial charge in [-0.25, -0.2) is 0 Å². The molecule has 0 bridgehead atoms. The Morgan fingerprint density at radius 2 is 1.82 bits per heavy atom. The lowest BCUT2D eigenvalue weighted by Crippen LogP contribution is -2.54. The van der Waals surface area contributed by atoms with Crippen LogP contribution in [0.3, 0.4) is 0 Å². The number of H-pyrrole nitrogens is 1. The number of nitrogens with one attached hydrogen (secondary N) is 1. The molecule has 0 aromatic carbocycles. The lowest BCUT2D eigenvalue weighted by Gasteiger charge is -2.39. The van der Waals surface area contributed by atoms with Crippen molar-refractivity contribution in [2.24, 2.45) is 0 Å². The van der Waals surface area contributed by atoms with Gasteiger partial charge in [-0.15, -0.1) is 0 Å². The van der Waals surface area contributed by atoms with E-state index >= 15 is 0 Å². The number of aromatic nitrogens is 1. The lowest BCUT2D eigenvalue weighted by atomic mass is 10.2. The van der Waals surface area contributed by atoms with Crippen molar-refractivity contribution in [1.82, 2.24) is 14.8 Å². The van der Waals surface area contributed by atoms with Gasteiger partial charge in [-0.2, -0.15) is 0 Å². The molecule has 2 aliphatic rings. The van der Waals surface area contributed by atoms with Crippen LogP contribution in [0.15, 0.2) is 23.1 Å². The van der Waals surface area contributed by atoms with Gasteiger partial charge in [0.15, 0.2) is 0 Å². The van der Waals surface area contributed by atoms with Crippen molar-refractivity contribution in [1.29, 1.82) is 0 Å². The molecule has 0 spiro atoms. The second-order valence-electron chi connectivity index (χ2n) is 6.14. The third-order valence-corrected chi connectivity index (χ3v) is 4.76. The standard InChI is InChI=1S/C16H24N4O2/c1-13(16(22)20-6-2-3-7-20)18-8-10-19(11-9-18)14-4-5-17-15(21)12-14/h4-5,12-13H,2-3,6-11H2,1H3,(H,17,21). The molecule has 1 N–H and O–H groups in total. The number of carbonyl (C=O) groups is 1. The summed E-state index contributed by atoms with van der Waals surface area (Å²) in [5.74, 6) is 0.266. The van der Waals surface area contributed by atoms with E-state index < -0.39 is 0 Å². The minimum atomic E-state index is -0.0718. The third-order valence-electron chi connectivity index (χ3n) is 4.76. The highest BCUT2D eigenvalue weighted by Gasteiger charge is 2.29. The number of likely N-dealkylation sites (tertiary alicyclic amines) is 1. The Balaban J connectivity index is 1.57. The van der Waals surface area contributed by atoms with E-state index in [1.807, 2.05) is 17.9 Å². The molecule has 0 saturated carbocycles. The van der Waals surface area contributed by atoms with Gasteiger partial charge < -0.3 is 14.8 Å². The monoisotopic (exact) mass is 304 g/mol. The van der Waals surface area contributed by atoms with Gasteiger partial charge in [0.25, 0.3) is 0 Å². The molecule has 6 heteroatoms. The van der Waals surface area contributed by atoms with E-state index in [1.165, 1.54) is 0 Å². The summed E-state index contributed by atoms with van der Waals surface area (Å²) in [7, 11) is 0. The molecule has 1 amide bonds. The minimum Gasteiger partial charge on any atom is -0.369 e. The zero-order chi connectivity index (χ0) is 15.5. The Labute approximate surface area is 130 Å². The normalized spacial score (nSPS) is 21.1. The first-order valence-electron chi connectivity index (χ1n) is 8.12. The highest BCUT2D eigenvalue weighted by Crippen LogP contribution is 2.17. The largest absolute Gasteiger partial charge is 0.369 e. The first kappa shape index (κ1) is 15.1. The summed E-state index contributed by atoms with van der Waals surface area (Å²) in [6.07, 6.45) is 3.95. The predicted molar refractivity (Wildman–Crippen MR) is 86.1 cm³/mol. The van der Waals surface area contributed by atoms with Crippen LogP contribution in [0.1, 0.15) is 19.8 Å². The molecule has 3 heterocycles. The van der Waals surface area contributed by atoms with Crippen LogP contribution >= 0.6 is 0 Å². The number of rotatable bonds is 3. The minimum absolute atomic E-state index is 0.0422. The third kappa shape index (κ3) is 3.16. The maximum absolute atomic E-state index is 12.5. The van der Waals surface area contributed by atoms with Crippen LogP contribution in [0.5, 0.6) is 0 Å². The Hall–Kier alpha value is -1.82. The molecule has 2 saturated heterocycles. The first-order chi connectivity index (χ1) is 10.6. The van der Waals surface area contributed by atoms with Gasteiger partial charge >= 0.3 is 0 Å². The van der Waals surface area contributed by atoms with E-state index in [0.717, 1.165) is 57.8 Å². The number of anilines is 1. The highest BCUT2D eigenvalue weighted by molar-refractivity contribution is 5.81. The summed E-state index contributed by atoms with van der Waals surface area (Å²) < 4.78 is 0. The summed E-state index contributed by atoms with van der Waals surface area (Å²) in [6, 6.07) is 3.52. The van der Waals surface area contributed by atoms with Crippen molar-refractivity contribution in [2.75, 3.05) is 44.2 Å². The number of hydrogen-bond donors (Lipinski definition) is 1.